The lowest BCUT2D eigenvalue weighted by atomic mass is 10.1. The summed E-state index contributed by atoms with van der Waals surface area (Å²) in [5, 5.41) is 3.84. The predicted octanol–water partition coefficient (Wildman–Crippen LogP) is -0.0932. The van der Waals surface area contributed by atoms with Gasteiger partial charge < -0.3 is 19.1 Å². The quantitative estimate of drug-likeness (QED) is 0.765. The fraction of sp³-hybridized carbons (Fsp3) is 0.786. The minimum atomic E-state index is -1.01. The van der Waals surface area contributed by atoms with Crippen LogP contribution in [0.15, 0.2) is 4.52 Å². The maximum atomic E-state index is 13.9. The Balaban J connectivity index is 1.67. The Hall–Kier alpha value is -1.74. The molecule has 2 atom stereocenters. The first-order chi connectivity index (χ1) is 11.0. The molecule has 128 valence electrons. The van der Waals surface area contributed by atoms with Crippen molar-refractivity contribution in [2.45, 2.75) is 25.2 Å². The largest absolute Gasteiger partial charge is 0.378 e. The summed E-state index contributed by atoms with van der Waals surface area (Å²) in [6, 6.07) is -0.474. The Labute approximate surface area is 134 Å². The average molecular weight is 327 g/mol. The highest BCUT2D eigenvalue weighted by Crippen LogP contribution is 2.24. The Morgan fingerprint density at radius 3 is 2.78 bits per heavy atom. The van der Waals surface area contributed by atoms with E-state index in [9.17, 15) is 9.18 Å². The van der Waals surface area contributed by atoms with Crippen LogP contribution in [0, 0.1) is 0 Å². The van der Waals surface area contributed by atoms with Crippen LogP contribution >= 0.6 is 0 Å². The van der Waals surface area contributed by atoms with Crippen LogP contribution in [-0.2, 0) is 16.1 Å². The van der Waals surface area contributed by atoms with Gasteiger partial charge in [-0.3, -0.25) is 9.69 Å². The van der Waals surface area contributed by atoms with Crippen LogP contribution in [0.4, 0.5) is 10.3 Å². The van der Waals surface area contributed by atoms with Crippen molar-refractivity contribution < 1.29 is 18.4 Å². The number of halogens is 1. The topological polar surface area (TPSA) is 74.9 Å². The number of ether oxygens (including phenoxy) is 1. The lowest BCUT2D eigenvalue weighted by Crippen LogP contribution is -2.49. The molecule has 0 spiro atoms. The van der Waals surface area contributed by atoms with Gasteiger partial charge >= 0.3 is 0 Å². The zero-order valence-electron chi connectivity index (χ0n) is 13.4. The Bertz CT molecular complexity index is 546. The SMILES string of the molecule is CN(C)c1noc(CN2C[C@H](F)C[C@H]2C(=O)N2CCOCC2)n1. The minimum absolute atomic E-state index is 0.0409. The number of likely N-dealkylation sites (tertiary alicyclic amines) is 1. The highest BCUT2D eigenvalue weighted by atomic mass is 19.1. The van der Waals surface area contributed by atoms with E-state index in [0.717, 1.165) is 0 Å². The van der Waals surface area contributed by atoms with Gasteiger partial charge in [-0.1, -0.05) is 0 Å². The molecular formula is C14H22FN5O3. The highest BCUT2D eigenvalue weighted by Gasteiger charge is 2.40. The van der Waals surface area contributed by atoms with E-state index in [1.165, 1.54) is 0 Å². The molecule has 0 radical (unpaired) electrons. The van der Waals surface area contributed by atoms with Crippen LogP contribution in [0.25, 0.3) is 0 Å². The zero-order valence-corrected chi connectivity index (χ0v) is 13.4. The van der Waals surface area contributed by atoms with Crippen LogP contribution in [0.1, 0.15) is 12.3 Å². The zero-order chi connectivity index (χ0) is 16.4. The van der Waals surface area contributed by atoms with Gasteiger partial charge in [0.1, 0.15) is 6.17 Å². The van der Waals surface area contributed by atoms with Gasteiger partial charge in [0.25, 0.3) is 5.95 Å². The van der Waals surface area contributed by atoms with Crippen molar-refractivity contribution in [1.82, 2.24) is 19.9 Å². The number of alkyl halides is 1. The van der Waals surface area contributed by atoms with Gasteiger partial charge in [-0.25, -0.2) is 4.39 Å². The Morgan fingerprint density at radius 1 is 1.39 bits per heavy atom. The lowest BCUT2D eigenvalue weighted by Gasteiger charge is -2.31. The molecule has 0 aliphatic carbocycles. The molecule has 3 rings (SSSR count). The molecule has 2 saturated heterocycles. The number of amides is 1. The molecule has 1 aromatic heterocycles. The molecule has 0 saturated carbocycles. The lowest BCUT2D eigenvalue weighted by molar-refractivity contribution is -0.140. The molecule has 23 heavy (non-hydrogen) atoms. The number of carbonyl (C=O) groups is 1. The number of rotatable bonds is 4. The smallest absolute Gasteiger partial charge is 0.265 e. The molecule has 2 aliphatic rings. The van der Waals surface area contributed by atoms with Crippen molar-refractivity contribution in [2.24, 2.45) is 0 Å². The third kappa shape index (κ3) is 3.61. The summed E-state index contributed by atoms with van der Waals surface area (Å²) in [6.45, 7) is 2.68. The van der Waals surface area contributed by atoms with E-state index in [4.69, 9.17) is 9.26 Å². The van der Waals surface area contributed by atoms with Gasteiger partial charge in [0.2, 0.25) is 11.8 Å². The van der Waals surface area contributed by atoms with E-state index in [1.807, 2.05) is 14.1 Å². The molecule has 8 nitrogen and oxygen atoms in total. The van der Waals surface area contributed by atoms with E-state index in [0.29, 0.717) is 38.1 Å². The second-order valence-electron chi connectivity index (χ2n) is 6.10. The molecule has 9 heteroatoms. The molecule has 1 amide bonds. The van der Waals surface area contributed by atoms with Crippen LogP contribution in [0.3, 0.4) is 0 Å². The second kappa shape index (κ2) is 6.79. The van der Waals surface area contributed by atoms with E-state index in [1.54, 1.807) is 14.7 Å². The number of morpholine rings is 1. The van der Waals surface area contributed by atoms with E-state index >= 15 is 0 Å². The van der Waals surface area contributed by atoms with Crippen LogP contribution in [0.2, 0.25) is 0 Å². The third-order valence-electron chi connectivity index (χ3n) is 4.16. The third-order valence-corrected chi connectivity index (χ3v) is 4.16. The molecule has 0 N–H and O–H groups in total. The monoisotopic (exact) mass is 327 g/mol. The number of anilines is 1. The fourth-order valence-electron chi connectivity index (χ4n) is 2.94. The number of carbonyl (C=O) groups excluding carboxylic acids is 1. The van der Waals surface area contributed by atoms with Crippen molar-refractivity contribution in [1.29, 1.82) is 0 Å². The van der Waals surface area contributed by atoms with Crippen LogP contribution in [0.5, 0.6) is 0 Å². The summed E-state index contributed by atoms with van der Waals surface area (Å²) in [7, 11) is 3.62. The van der Waals surface area contributed by atoms with Crippen molar-refractivity contribution in [3.05, 3.63) is 5.89 Å². The molecule has 0 unspecified atom stereocenters. The van der Waals surface area contributed by atoms with Crippen LogP contribution in [-0.4, -0.2) is 85.0 Å². The Kier molecular flexibility index (Phi) is 4.76. The fourth-order valence-corrected chi connectivity index (χ4v) is 2.94. The van der Waals surface area contributed by atoms with Crippen molar-refractivity contribution in [3.63, 3.8) is 0 Å². The molecular weight excluding hydrogens is 305 g/mol. The predicted molar refractivity (Wildman–Crippen MR) is 79.7 cm³/mol. The molecule has 2 fully saturated rings. The standard InChI is InChI=1S/C14H22FN5O3/c1-18(2)14-16-12(23-17-14)9-20-8-10(15)7-11(20)13(21)19-3-5-22-6-4-19/h10-11H,3-9H2,1-2H3/t10-,11+/m1/s1. The molecule has 1 aromatic rings. The summed E-state index contributed by atoms with van der Waals surface area (Å²) in [5.41, 5.74) is 0. The van der Waals surface area contributed by atoms with Gasteiger partial charge in [-0.05, 0) is 5.16 Å². The summed E-state index contributed by atoms with van der Waals surface area (Å²) in [4.78, 5) is 22.2. The molecule has 3 heterocycles. The first-order valence-electron chi connectivity index (χ1n) is 7.79. The first kappa shape index (κ1) is 16.1. The first-order valence-corrected chi connectivity index (χ1v) is 7.79. The minimum Gasteiger partial charge on any atom is -0.378 e. The molecule has 0 bridgehead atoms. The summed E-state index contributed by atoms with van der Waals surface area (Å²) < 4.78 is 24.3. The second-order valence-corrected chi connectivity index (χ2v) is 6.10. The number of nitrogens with zero attached hydrogens (tertiary/aromatic N) is 5. The van der Waals surface area contributed by atoms with Crippen LogP contribution < -0.4 is 4.90 Å². The Morgan fingerprint density at radius 2 is 2.13 bits per heavy atom. The number of hydrogen-bond donors (Lipinski definition) is 0. The van der Waals surface area contributed by atoms with Gasteiger partial charge in [-0.15, -0.1) is 0 Å². The highest BCUT2D eigenvalue weighted by molar-refractivity contribution is 5.82. The maximum Gasteiger partial charge on any atom is 0.265 e. The van der Waals surface area contributed by atoms with Gasteiger partial charge in [0.05, 0.1) is 25.8 Å². The maximum absolute atomic E-state index is 13.9. The van der Waals surface area contributed by atoms with E-state index < -0.39 is 12.2 Å². The van der Waals surface area contributed by atoms with Gasteiger partial charge in [0, 0.05) is 40.2 Å². The summed E-state index contributed by atoms with van der Waals surface area (Å²) >= 11 is 0. The normalized spacial score (nSPS) is 25.8. The summed E-state index contributed by atoms with van der Waals surface area (Å²) in [6.07, 6.45) is -0.800. The van der Waals surface area contributed by atoms with Gasteiger partial charge in [-0.2, -0.15) is 4.98 Å². The summed E-state index contributed by atoms with van der Waals surface area (Å²) in [5.74, 6) is 0.815. The van der Waals surface area contributed by atoms with Crippen molar-refractivity contribution >= 4 is 11.9 Å². The average Bonchev–Trinajstić information content (AvgIpc) is 3.15. The molecule has 2 aliphatic heterocycles. The van der Waals surface area contributed by atoms with Crippen molar-refractivity contribution in [3.8, 4) is 0 Å². The molecule has 0 aromatic carbocycles. The number of aromatic nitrogens is 2. The van der Waals surface area contributed by atoms with E-state index in [-0.39, 0.29) is 25.4 Å². The van der Waals surface area contributed by atoms with E-state index in [2.05, 4.69) is 10.1 Å². The van der Waals surface area contributed by atoms with Gasteiger partial charge in [0.15, 0.2) is 0 Å². The van der Waals surface area contributed by atoms with Crippen molar-refractivity contribution in [2.75, 3.05) is 51.8 Å². The number of hydrogen-bond acceptors (Lipinski definition) is 7.